The van der Waals surface area contributed by atoms with Gasteiger partial charge in [-0.1, -0.05) is 13.8 Å². The molecule has 0 aromatic carbocycles. The summed E-state index contributed by atoms with van der Waals surface area (Å²) < 4.78 is 5.25. The molecular weight excluding hydrogens is 264 g/mol. The maximum absolute atomic E-state index is 11.6. The Hall–Kier alpha value is -1.66. The molecule has 0 aliphatic heterocycles. The molecule has 0 aliphatic rings. The Bertz CT molecular complexity index is 520. The number of aromatic nitrogens is 1. The SMILES string of the molecule is CC(C)CONC(=O)Cc1csc(-c2ccco2)n1. The molecule has 0 saturated heterocycles. The van der Waals surface area contributed by atoms with Crippen molar-refractivity contribution in [2.75, 3.05) is 6.61 Å². The van der Waals surface area contributed by atoms with Gasteiger partial charge in [-0.2, -0.15) is 0 Å². The molecule has 0 unspecified atom stereocenters. The predicted molar refractivity (Wildman–Crippen MR) is 72.5 cm³/mol. The van der Waals surface area contributed by atoms with Crippen LogP contribution in [0, 0.1) is 5.92 Å². The molecule has 0 bridgehead atoms. The van der Waals surface area contributed by atoms with E-state index in [4.69, 9.17) is 9.25 Å². The molecule has 5 nitrogen and oxygen atoms in total. The second-order valence-corrected chi connectivity index (χ2v) is 5.39. The Kier molecular flexibility index (Phi) is 4.70. The van der Waals surface area contributed by atoms with Gasteiger partial charge in [-0.3, -0.25) is 9.63 Å². The van der Waals surface area contributed by atoms with E-state index in [1.165, 1.54) is 11.3 Å². The normalized spacial score (nSPS) is 10.9. The minimum Gasteiger partial charge on any atom is -0.462 e. The van der Waals surface area contributed by atoms with Gasteiger partial charge in [-0.15, -0.1) is 11.3 Å². The van der Waals surface area contributed by atoms with Gasteiger partial charge < -0.3 is 4.42 Å². The van der Waals surface area contributed by atoms with E-state index < -0.39 is 0 Å². The van der Waals surface area contributed by atoms with Crippen molar-refractivity contribution in [1.29, 1.82) is 0 Å². The zero-order valence-corrected chi connectivity index (χ0v) is 11.7. The average Bonchev–Trinajstić information content (AvgIpc) is 2.97. The quantitative estimate of drug-likeness (QED) is 0.826. The second-order valence-electron chi connectivity index (χ2n) is 4.53. The largest absolute Gasteiger partial charge is 0.462 e. The van der Waals surface area contributed by atoms with Crippen molar-refractivity contribution < 1.29 is 14.0 Å². The van der Waals surface area contributed by atoms with E-state index in [-0.39, 0.29) is 12.3 Å². The molecule has 19 heavy (non-hydrogen) atoms. The van der Waals surface area contributed by atoms with Crippen LogP contribution in [0.1, 0.15) is 19.5 Å². The lowest BCUT2D eigenvalue weighted by Crippen LogP contribution is -2.27. The first-order valence-corrected chi connectivity index (χ1v) is 6.92. The summed E-state index contributed by atoms with van der Waals surface area (Å²) in [6, 6.07) is 3.65. The molecule has 2 aromatic rings. The van der Waals surface area contributed by atoms with E-state index in [9.17, 15) is 4.79 Å². The first-order valence-electron chi connectivity index (χ1n) is 6.04. The lowest BCUT2D eigenvalue weighted by molar-refractivity contribution is -0.133. The summed E-state index contributed by atoms with van der Waals surface area (Å²) in [5.41, 5.74) is 3.12. The number of nitrogens with zero attached hydrogens (tertiary/aromatic N) is 1. The van der Waals surface area contributed by atoms with Crippen molar-refractivity contribution in [3.63, 3.8) is 0 Å². The van der Waals surface area contributed by atoms with Crippen LogP contribution in [0.4, 0.5) is 0 Å². The number of thiazole rings is 1. The van der Waals surface area contributed by atoms with Crippen LogP contribution in [0.25, 0.3) is 10.8 Å². The molecule has 0 atom stereocenters. The number of nitrogens with one attached hydrogen (secondary N) is 1. The van der Waals surface area contributed by atoms with Crippen LogP contribution >= 0.6 is 11.3 Å². The molecule has 2 aromatic heterocycles. The summed E-state index contributed by atoms with van der Waals surface area (Å²) in [4.78, 5) is 21.0. The van der Waals surface area contributed by atoms with Gasteiger partial charge in [0.15, 0.2) is 10.8 Å². The van der Waals surface area contributed by atoms with Crippen LogP contribution in [0.3, 0.4) is 0 Å². The molecule has 2 heterocycles. The van der Waals surface area contributed by atoms with Gasteiger partial charge in [0.05, 0.1) is 25.0 Å². The third kappa shape index (κ3) is 4.18. The highest BCUT2D eigenvalue weighted by Gasteiger charge is 2.10. The molecule has 102 valence electrons. The van der Waals surface area contributed by atoms with Crippen LogP contribution in [-0.2, 0) is 16.1 Å². The fourth-order valence-corrected chi connectivity index (χ4v) is 2.18. The number of carbonyl (C=O) groups is 1. The second kappa shape index (κ2) is 6.49. The molecule has 1 N–H and O–H groups in total. The summed E-state index contributed by atoms with van der Waals surface area (Å²) in [5, 5.41) is 2.62. The molecule has 0 radical (unpaired) electrons. The van der Waals surface area contributed by atoms with E-state index in [1.807, 2.05) is 31.4 Å². The monoisotopic (exact) mass is 280 g/mol. The van der Waals surface area contributed by atoms with Gasteiger partial charge in [0, 0.05) is 5.38 Å². The Morgan fingerprint density at radius 1 is 1.58 bits per heavy atom. The lowest BCUT2D eigenvalue weighted by atomic mass is 10.2. The summed E-state index contributed by atoms with van der Waals surface area (Å²) in [7, 11) is 0. The highest BCUT2D eigenvalue weighted by Crippen LogP contribution is 2.23. The first-order chi connectivity index (χ1) is 9.15. The first kappa shape index (κ1) is 13.8. The molecule has 1 amide bonds. The summed E-state index contributed by atoms with van der Waals surface area (Å²) in [5.74, 6) is 0.898. The molecule has 0 fully saturated rings. The van der Waals surface area contributed by atoms with E-state index in [2.05, 4.69) is 10.5 Å². The summed E-state index contributed by atoms with van der Waals surface area (Å²) in [6.45, 7) is 4.53. The van der Waals surface area contributed by atoms with Crippen molar-refractivity contribution in [3.8, 4) is 10.8 Å². The van der Waals surface area contributed by atoms with Crippen molar-refractivity contribution in [2.24, 2.45) is 5.92 Å². The van der Waals surface area contributed by atoms with Gasteiger partial charge in [0.1, 0.15) is 0 Å². The predicted octanol–water partition coefficient (Wildman–Crippen LogP) is 2.65. The van der Waals surface area contributed by atoms with Crippen molar-refractivity contribution >= 4 is 17.2 Å². The highest BCUT2D eigenvalue weighted by molar-refractivity contribution is 7.13. The zero-order chi connectivity index (χ0) is 13.7. The zero-order valence-electron chi connectivity index (χ0n) is 10.9. The van der Waals surface area contributed by atoms with Crippen molar-refractivity contribution in [2.45, 2.75) is 20.3 Å². The van der Waals surface area contributed by atoms with E-state index >= 15 is 0 Å². The standard InChI is InChI=1S/C13H16N2O3S/c1-9(2)7-18-15-12(16)6-10-8-19-13(14-10)11-4-3-5-17-11/h3-5,8-9H,6-7H2,1-2H3,(H,15,16). The fraction of sp³-hybridized carbons (Fsp3) is 0.385. The number of carbonyl (C=O) groups excluding carboxylic acids is 1. The molecule has 0 saturated carbocycles. The Labute approximate surface area is 115 Å². The average molecular weight is 280 g/mol. The van der Waals surface area contributed by atoms with Crippen molar-refractivity contribution in [1.82, 2.24) is 10.5 Å². The van der Waals surface area contributed by atoms with Crippen LogP contribution in [0.2, 0.25) is 0 Å². The lowest BCUT2D eigenvalue weighted by Gasteiger charge is -2.06. The van der Waals surface area contributed by atoms with E-state index in [0.717, 1.165) is 5.01 Å². The van der Waals surface area contributed by atoms with Gasteiger partial charge in [-0.05, 0) is 18.1 Å². The Morgan fingerprint density at radius 3 is 3.11 bits per heavy atom. The third-order valence-corrected chi connectivity index (χ3v) is 3.13. The van der Waals surface area contributed by atoms with Crippen LogP contribution in [0.5, 0.6) is 0 Å². The fourth-order valence-electron chi connectivity index (χ4n) is 1.39. The van der Waals surface area contributed by atoms with Gasteiger partial charge >= 0.3 is 0 Å². The van der Waals surface area contributed by atoms with Gasteiger partial charge in [0.25, 0.3) is 0 Å². The van der Waals surface area contributed by atoms with Gasteiger partial charge in [-0.25, -0.2) is 10.5 Å². The van der Waals surface area contributed by atoms with Crippen molar-refractivity contribution in [3.05, 3.63) is 29.5 Å². The molecule has 2 rings (SSSR count). The minimum atomic E-state index is -0.197. The highest BCUT2D eigenvalue weighted by atomic mass is 32.1. The third-order valence-electron chi connectivity index (χ3n) is 2.23. The van der Waals surface area contributed by atoms with E-state index in [1.54, 1.807) is 6.26 Å². The topological polar surface area (TPSA) is 64.4 Å². The summed E-state index contributed by atoms with van der Waals surface area (Å²) >= 11 is 1.45. The van der Waals surface area contributed by atoms with Crippen LogP contribution in [0.15, 0.2) is 28.2 Å². The Morgan fingerprint density at radius 2 is 2.42 bits per heavy atom. The van der Waals surface area contributed by atoms with Crippen LogP contribution < -0.4 is 5.48 Å². The number of furan rings is 1. The van der Waals surface area contributed by atoms with Gasteiger partial charge in [0.2, 0.25) is 5.91 Å². The number of amides is 1. The van der Waals surface area contributed by atoms with Crippen LogP contribution in [-0.4, -0.2) is 17.5 Å². The number of rotatable bonds is 6. The molecule has 0 aliphatic carbocycles. The smallest absolute Gasteiger partial charge is 0.249 e. The number of hydrogen-bond acceptors (Lipinski definition) is 5. The Balaban J connectivity index is 1.84. The number of hydroxylamine groups is 1. The summed E-state index contributed by atoms with van der Waals surface area (Å²) in [6.07, 6.45) is 1.80. The minimum absolute atomic E-state index is 0.197. The maximum atomic E-state index is 11.6. The molecular formula is C13H16N2O3S. The molecule has 6 heteroatoms. The maximum Gasteiger partial charge on any atom is 0.249 e. The molecule has 0 spiro atoms. The number of hydrogen-bond donors (Lipinski definition) is 1. The van der Waals surface area contributed by atoms with E-state index in [0.29, 0.717) is 24.0 Å².